The summed E-state index contributed by atoms with van der Waals surface area (Å²) < 4.78 is 0. The Morgan fingerprint density at radius 1 is 1.26 bits per heavy atom. The van der Waals surface area contributed by atoms with Gasteiger partial charge in [0.25, 0.3) is 0 Å². The standard InChI is InChI=1S/C15H17ClN2O/c1-11-3-5-12(6-4-11)9-18(2)15-7-13(10-19)14(16)8-17-15/h3-8,19H,9-10H2,1-2H3. The van der Waals surface area contributed by atoms with Crippen molar-refractivity contribution in [2.24, 2.45) is 0 Å². The Labute approximate surface area is 118 Å². The first-order valence-corrected chi connectivity index (χ1v) is 6.50. The average Bonchev–Trinajstić information content (AvgIpc) is 2.42. The topological polar surface area (TPSA) is 36.4 Å². The van der Waals surface area contributed by atoms with Crippen LogP contribution in [0.25, 0.3) is 0 Å². The first kappa shape index (κ1) is 13.8. The number of nitrogens with zero attached hydrogens (tertiary/aromatic N) is 2. The maximum absolute atomic E-state index is 9.21. The Bertz CT molecular complexity index is 555. The van der Waals surface area contributed by atoms with Gasteiger partial charge in [-0.3, -0.25) is 0 Å². The van der Waals surface area contributed by atoms with Gasteiger partial charge in [-0.05, 0) is 18.6 Å². The first-order valence-electron chi connectivity index (χ1n) is 6.12. The van der Waals surface area contributed by atoms with Gasteiger partial charge in [-0.2, -0.15) is 0 Å². The van der Waals surface area contributed by atoms with E-state index in [0.29, 0.717) is 10.6 Å². The molecule has 0 aliphatic carbocycles. The lowest BCUT2D eigenvalue weighted by Crippen LogP contribution is -2.17. The minimum absolute atomic E-state index is 0.0767. The first-order chi connectivity index (χ1) is 9.10. The zero-order valence-electron chi connectivity index (χ0n) is 11.1. The van der Waals surface area contributed by atoms with Gasteiger partial charge < -0.3 is 10.0 Å². The molecule has 0 spiro atoms. The molecule has 1 heterocycles. The summed E-state index contributed by atoms with van der Waals surface area (Å²) >= 11 is 5.94. The van der Waals surface area contributed by atoms with Crippen LogP contribution in [0.3, 0.4) is 0 Å². The third-order valence-corrected chi connectivity index (χ3v) is 3.36. The van der Waals surface area contributed by atoms with Crippen LogP contribution < -0.4 is 4.90 Å². The highest BCUT2D eigenvalue weighted by molar-refractivity contribution is 6.31. The van der Waals surface area contributed by atoms with Crippen LogP contribution in [0.5, 0.6) is 0 Å². The molecule has 4 heteroatoms. The molecule has 0 bridgehead atoms. The SMILES string of the molecule is Cc1ccc(CN(C)c2cc(CO)c(Cl)cn2)cc1. The number of hydrogen-bond acceptors (Lipinski definition) is 3. The number of aryl methyl sites for hydroxylation is 1. The highest BCUT2D eigenvalue weighted by Gasteiger charge is 2.07. The second-order valence-corrected chi connectivity index (χ2v) is 5.04. The number of benzene rings is 1. The molecule has 2 rings (SSSR count). The summed E-state index contributed by atoms with van der Waals surface area (Å²) in [7, 11) is 1.97. The molecule has 0 amide bonds. The summed E-state index contributed by atoms with van der Waals surface area (Å²) in [5.74, 6) is 0.800. The maximum Gasteiger partial charge on any atom is 0.128 e. The Balaban J connectivity index is 2.15. The number of anilines is 1. The van der Waals surface area contributed by atoms with Gasteiger partial charge in [0.15, 0.2) is 0 Å². The molecule has 0 saturated carbocycles. The van der Waals surface area contributed by atoms with E-state index in [9.17, 15) is 5.11 Å². The fourth-order valence-corrected chi connectivity index (χ4v) is 2.01. The van der Waals surface area contributed by atoms with Crippen LogP contribution >= 0.6 is 11.6 Å². The molecule has 2 aromatic rings. The number of aliphatic hydroxyl groups excluding tert-OH is 1. The predicted molar refractivity (Wildman–Crippen MR) is 78.5 cm³/mol. The second kappa shape index (κ2) is 6.04. The summed E-state index contributed by atoms with van der Waals surface area (Å²) in [4.78, 5) is 6.31. The van der Waals surface area contributed by atoms with Gasteiger partial charge in [0.1, 0.15) is 5.82 Å². The van der Waals surface area contributed by atoms with Gasteiger partial charge >= 0.3 is 0 Å². The fourth-order valence-electron chi connectivity index (χ4n) is 1.85. The summed E-state index contributed by atoms with van der Waals surface area (Å²) in [5.41, 5.74) is 3.16. The number of hydrogen-bond donors (Lipinski definition) is 1. The smallest absolute Gasteiger partial charge is 0.128 e. The van der Waals surface area contributed by atoms with E-state index in [2.05, 4.69) is 36.2 Å². The molecule has 0 atom stereocenters. The van der Waals surface area contributed by atoms with Crippen molar-refractivity contribution in [3.63, 3.8) is 0 Å². The number of pyridine rings is 1. The summed E-state index contributed by atoms with van der Waals surface area (Å²) in [6.45, 7) is 2.76. The minimum Gasteiger partial charge on any atom is -0.392 e. The van der Waals surface area contributed by atoms with E-state index < -0.39 is 0 Å². The Morgan fingerprint density at radius 2 is 1.95 bits per heavy atom. The molecule has 100 valence electrons. The van der Waals surface area contributed by atoms with Crippen LogP contribution in [0.2, 0.25) is 5.02 Å². The molecular formula is C15H17ClN2O. The number of aliphatic hydroxyl groups is 1. The van der Waals surface area contributed by atoms with Crippen molar-refractivity contribution in [1.29, 1.82) is 0 Å². The van der Waals surface area contributed by atoms with E-state index >= 15 is 0 Å². The second-order valence-electron chi connectivity index (χ2n) is 4.63. The quantitative estimate of drug-likeness (QED) is 0.932. The highest BCUT2D eigenvalue weighted by atomic mass is 35.5. The van der Waals surface area contributed by atoms with Gasteiger partial charge in [0.05, 0.1) is 11.6 Å². The average molecular weight is 277 g/mol. The molecular weight excluding hydrogens is 260 g/mol. The van der Waals surface area contributed by atoms with E-state index in [1.807, 2.05) is 18.0 Å². The van der Waals surface area contributed by atoms with E-state index in [4.69, 9.17) is 11.6 Å². The molecule has 19 heavy (non-hydrogen) atoms. The lowest BCUT2D eigenvalue weighted by atomic mass is 10.1. The largest absolute Gasteiger partial charge is 0.392 e. The summed E-state index contributed by atoms with van der Waals surface area (Å²) in [5, 5.41) is 9.71. The van der Waals surface area contributed by atoms with E-state index in [1.165, 1.54) is 11.1 Å². The Kier molecular flexibility index (Phi) is 4.40. The van der Waals surface area contributed by atoms with Crippen molar-refractivity contribution in [2.45, 2.75) is 20.1 Å². The third kappa shape index (κ3) is 3.46. The van der Waals surface area contributed by atoms with Crippen LogP contribution in [0, 0.1) is 6.92 Å². The monoisotopic (exact) mass is 276 g/mol. The van der Waals surface area contributed by atoms with Crippen LogP contribution in [-0.4, -0.2) is 17.1 Å². The molecule has 0 aliphatic rings. The molecule has 0 aliphatic heterocycles. The highest BCUT2D eigenvalue weighted by Crippen LogP contribution is 2.21. The molecule has 1 aromatic carbocycles. The van der Waals surface area contributed by atoms with Crippen molar-refractivity contribution in [2.75, 3.05) is 11.9 Å². The number of aromatic nitrogens is 1. The van der Waals surface area contributed by atoms with Crippen LogP contribution in [-0.2, 0) is 13.2 Å². The van der Waals surface area contributed by atoms with Gasteiger partial charge in [-0.25, -0.2) is 4.98 Å². The van der Waals surface area contributed by atoms with Gasteiger partial charge in [0, 0.05) is 25.4 Å². The number of halogens is 1. The van der Waals surface area contributed by atoms with E-state index in [0.717, 1.165) is 12.4 Å². The Hall–Kier alpha value is -1.58. The summed E-state index contributed by atoms with van der Waals surface area (Å²) in [6, 6.07) is 10.2. The molecule has 0 fully saturated rings. The van der Waals surface area contributed by atoms with Crippen LogP contribution in [0.4, 0.5) is 5.82 Å². The van der Waals surface area contributed by atoms with Gasteiger partial charge in [-0.15, -0.1) is 0 Å². The molecule has 1 N–H and O–H groups in total. The van der Waals surface area contributed by atoms with Crippen LogP contribution in [0.1, 0.15) is 16.7 Å². The fraction of sp³-hybridized carbons (Fsp3) is 0.267. The molecule has 0 saturated heterocycles. The van der Waals surface area contributed by atoms with Gasteiger partial charge in [0.2, 0.25) is 0 Å². The van der Waals surface area contributed by atoms with E-state index in [1.54, 1.807) is 6.20 Å². The lowest BCUT2D eigenvalue weighted by Gasteiger charge is -2.19. The van der Waals surface area contributed by atoms with Crippen molar-refractivity contribution in [3.05, 3.63) is 58.2 Å². The molecule has 0 unspecified atom stereocenters. The van der Waals surface area contributed by atoms with Crippen molar-refractivity contribution >= 4 is 17.4 Å². The van der Waals surface area contributed by atoms with Crippen molar-refractivity contribution < 1.29 is 5.11 Å². The molecule has 0 radical (unpaired) electrons. The zero-order valence-corrected chi connectivity index (χ0v) is 11.9. The van der Waals surface area contributed by atoms with Crippen molar-refractivity contribution in [3.8, 4) is 0 Å². The Morgan fingerprint density at radius 3 is 2.58 bits per heavy atom. The van der Waals surface area contributed by atoms with E-state index in [-0.39, 0.29) is 6.61 Å². The van der Waals surface area contributed by atoms with Crippen molar-refractivity contribution in [1.82, 2.24) is 4.98 Å². The number of rotatable bonds is 4. The van der Waals surface area contributed by atoms with Crippen LogP contribution in [0.15, 0.2) is 36.5 Å². The normalized spacial score (nSPS) is 10.5. The van der Waals surface area contributed by atoms with Gasteiger partial charge in [-0.1, -0.05) is 41.4 Å². The zero-order chi connectivity index (χ0) is 13.8. The third-order valence-electron chi connectivity index (χ3n) is 3.02. The molecule has 1 aromatic heterocycles. The lowest BCUT2D eigenvalue weighted by molar-refractivity contribution is 0.282. The predicted octanol–water partition coefficient (Wildman–Crippen LogP) is 3.17. The minimum atomic E-state index is -0.0767. The molecule has 3 nitrogen and oxygen atoms in total. The summed E-state index contributed by atoms with van der Waals surface area (Å²) in [6.07, 6.45) is 1.58. The maximum atomic E-state index is 9.21.